The van der Waals surface area contributed by atoms with E-state index in [9.17, 15) is 9.59 Å². The number of benzene rings is 2. The van der Waals surface area contributed by atoms with E-state index in [1.165, 1.54) is 11.8 Å². The first-order valence-electron chi connectivity index (χ1n) is 10.1. The third kappa shape index (κ3) is 4.93. The Balaban J connectivity index is 1.62. The minimum absolute atomic E-state index is 0.205. The van der Waals surface area contributed by atoms with Gasteiger partial charge in [0, 0.05) is 17.5 Å². The lowest BCUT2D eigenvalue weighted by molar-refractivity contribution is -0.125. The van der Waals surface area contributed by atoms with Crippen LogP contribution in [-0.2, 0) is 11.3 Å². The largest absolute Gasteiger partial charge is 0.349 e. The first-order chi connectivity index (χ1) is 15.4. The average Bonchev–Trinajstić information content (AvgIpc) is 3.25. The Hall–Kier alpha value is -2.54. The van der Waals surface area contributed by atoms with Gasteiger partial charge < -0.3 is 10.2 Å². The summed E-state index contributed by atoms with van der Waals surface area (Å²) in [5.74, 6) is 0.0477. The standard InChI is InChI=1S/C24H21Cl2N3O2S/c1-15-5-7-16(8-6-15)23(31)29-21(22(30)28-13-18-4-2-3-11-27-18)14-32-24(29)17-9-10-19(25)20(26)12-17/h2-12,21,24H,13-14H2,1H3,(H,28,30). The molecule has 0 spiro atoms. The highest BCUT2D eigenvalue weighted by Crippen LogP contribution is 2.43. The molecule has 0 bridgehead atoms. The summed E-state index contributed by atoms with van der Waals surface area (Å²) in [4.78, 5) is 32.5. The predicted molar refractivity (Wildman–Crippen MR) is 129 cm³/mol. The SMILES string of the molecule is Cc1ccc(C(=O)N2C(C(=O)NCc3ccccn3)CSC2c2ccc(Cl)c(Cl)c2)cc1. The van der Waals surface area contributed by atoms with Gasteiger partial charge in [-0.2, -0.15) is 0 Å². The maximum Gasteiger partial charge on any atom is 0.255 e. The average molecular weight is 486 g/mol. The van der Waals surface area contributed by atoms with Gasteiger partial charge in [-0.1, -0.05) is 53.0 Å². The minimum atomic E-state index is -0.628. The summed E-state index contributed by atoms with van der Waals surface area (Å²) in [6.45, 7) is 2.26. The third-order valence-corrected chi connectivity index (χ3v) is 7.30. The van der Waals surface area contributed by atoms with Crippen LogP contribution in [0.2, 0.25) is 10.0 Å². The number of nitrogens with zero attached hydrogens (tertiary/aromatic N) is 2. The maximum absolute atomic E-state index is 13.5. The smallest absolute Gasteiger partial charge is 0.255 e. The Morgan fingerprint density at radius 2 is 1.88 bits per heavy atom. The van der Waals surface area contributed by atoms with Crippen molar-refractivity contribution < 1.29 is 9.59 Å². The Kier molecular flexibility index (Phi) is 7.04. The van der Waals surface area contributed by atoms with Crippen LogP contribution in [0.5, 0.6) is 0 Å². The Bertz CT molecular complexity index is 1130. The van der Waals surface area contributed by atoms with Crippen molar-refractivity contribution in [2.24, 2.45) is 0 Å². The molecule has 1 aromatic heterocycles. The zero-order valence-electron chi connectivity index (χ0n) is 17.3. The fourth-order valence-electron chi connectivity index (χ4n) is 3.52. The number of thioether (sulfide) groups is 1. The van der Waals surface area contributed by atoms with Gasteiger partial charge in [-0.25, -0.2) is 0 Å². The number of aryl methyl sites for hydroxylation is 1. The lowest BCUT2D eigenvalue weighted by Crippen LogP contribution is -2.47. The Morgan fingerprint density at radius 3 is 2.56 bits per heavy atom. The molecule has 0 aliphatic carbocycles. The van der Waals surface area contributed by atoms with Gasteiger partial charge in [0.25, 0.3) is 5.91 Å². The van der Waals surface area contributed by atoms with Crippen LogP contribution in [-0.4, -0.2) is 33.5 Å². The number of pyridine rings is 1. The molecule has 0 saturated carbocycles. The lowest BCUT2D eigenvalue weighted by atomic mass is 10.1. The van der Waals surface area contributed by atoms with Crippen LogP contribution >= 0.6 is 35.0 Å². The first kappa shape index (κ1) is 22.6. The van der Waals surface area contributed by atoms with Crippen molar-refractivity contribution >= 4 is 46.8 Å². The monoisotopic (exact) mass is 485 g/mol. The third-order valence-electron chi connectivity index (χ3n) is 5.23. The van der Waals surface area contributed by atoms with Gasteiger partial charge in [0.05, 0.1) is 22.3 Å². The topological polar surface area (TPSA) is 62.3 Å². The predicted octanol–water partition coefficient (Wildman–Crippen LogP) is 5.27. The molecule has 2 aromatic carbocycles. The molecule has 2 heterocycles. The van der Waals surface area contributed by atoms with E-state index in [2.05, 4.69) is 10.3 Å². The number of halogens is 2. The highest BCUT2D eigenvalue weighted by atomic mass is 35.5. The number of carbonyl (C=O) groups is 2. The number of hydrogen-bond donors (Lipinski definition) is 1. The van der Waals surface area contributed by atoms with Crippen LogP contribution < -0.4 is 5.32 Å². The fraction of sp³-hybridized carbons (Fsp3) is 0.208. The summed E-state index contributed by atoms with van der Waals surface area (Å²) in [6.07, 6.45) is 1.68. The molecule has 1 fully saturated rings. The van der Waals surface area contributed by atoms with E-state index in [4.69, 9.17) is 23.2 Å². The van der Waals surface area contributed by atoms with E-state index in [-0.39, 0.29) is 17.2 Å². The fourth-order valence-corrected chi connectivity index (χ4v) is 5.25. The second-order valence-corrected chi connectivity index (χ2v) is 9.42. The Labute approximate surface area is 201 Å². The molecule has 1 aliphatic heterocycles. The molecule has 164 valence electrons. The van der Waals surface area contributed by atoms with Gasteiger partial charge in [0.2, 0.25) is 5.91 Å². The summed E-state index contributed by atoms with van der Waals surface area (Å²) >= 11 is 13.9. The summed E-state index contributed by atoms with van der Waals surface area (Å²) in [5.41, 5.74) is 3.17. The van der Waals surface area contributed by atoms with Gasteiger partial charge >= 0.3 is 0 Å². The van der Waals surface area contributed by atoms with E-state index in [1.54, 1.807) is 35.4 Å². The minimum Gasteiger partial charge on any atom is -0.349 e. The lowest BCUT2D eigenvalue weighted by Gasteiger charge is -2.29. The second kappa shape index (κ2) is 9.94. The van der Waals surface area contributed by atoms with Crippen molar-refractivity contribution in [1.82, 2.24) is 15.2 Å². The molecule has 4 rings (SSSR count). The molecule has 5 nitrogen and oxygen atoms in total. The molecular weight excluding hydrogens is 465 g/mol. The van der Waals surface area contributed by atoms with Crippen LogP contribution in [0.1, 0.15) is 32.6 Å². The van der Waals surface area contributed by atoms with Crippen molar-refractivity contribution in [3.8, 4) is 0 Å². The first-order valence-corrected chi connectivity index (χ1v) is 11.9. The number of nitrogens with one attached hydrogen (secondary N) is 1. The number of hydrogen-bond acceptors (Lipinski definition) is 4. The quantitative estimate of drug-likeness (QED) is 0.534. The number of rotatable bonds is 5. The molecule has 8 heteroatoms. The number of aromatic nitrogens is 1. The van der Waals surface area contributed by atoms with Gasteiger partial charge in [-0.3, -0.25) is 14.6 Å². The van der Waals surface area contributed by atoms with E-state index >= 15 is 0 Å². The van der Waals surface area contributed by atoms with Gasteiger partial charge in [0.15, 0.2) is 0 Å². The maximum atomic E-state index is 13.5. The summed E-state index contributed by atoms with van der Waals surface area (Å²) < 4.78 is 0. The van der Waals surface area contributed by atoms with E-state index < -0.39 is 6.04 Å². The Morgan fingerprint density at radius 1 is 1.09 bits per heavy atom. The number of amides is 2. The van der Waals surface area contributed by atoms with Gasteiger partial charge in [0.1, 0.15) is 11.4 Å². The normalized spacial score (nSPS) is 17.9. The van der Waals surface area contributed by atoms with E-state index in [0.717, 1.165) is 16.8 Å². The zero-order chi connectivity index (χ0) is 22.7. The van der Waals surface area contributed by atoms with Crippen LogP contribution in [0, 0.1) is 6.92 Å². The molecule has 32 heavy (non-hydrogen) atoms. The highest BCUT2D eigenvalue weighted by Gasteiger charge is 2.42. The summed E-state index contributed by atoms with van der Waals surface area (Å²) in [7, 11) is 0. The molecule has 2 unspecified atom stereocenters. The van der Waals surface area contributed by atoms with Crippen LogP contribution in [0.3, 0.4) is 0 Å². The second-order valence-electron chi connectivity index (χ2n) is 7.49. The van der Waals surface area contributed by atoms with Crippen LogP contribution in [0.4, 0.5) is 0 Å². The van der Waals surface area contributed by atoms with Gasteiger partial charge in [-0.05, 0) is 48.9 Å². The molecule has 1 N–H and O–H groups in total. The van der Waals surface area contributed by atoms with Crippen molar-refractivity contribution in [3.05, 3.63) is 99.3 Å². The van der Waals surface area contributed by atoms with Crippen LogP contribution in [0.15, 0.2) is 66.9 Å². The molecule has 3 aromatic rings. The molecule has 0 radical (unpaired) electrons. The van der Waals surface area contributed by atoms with Crippen molar-refractivity contribution in [1.29, 1.82) is 0 Å². The number of carbonyl (C=O) groups excluding carboxylic acids is 2. The molecular formula is C24H21Cl2N3O2S. The van der Waals surface area contributed by atoms with E-state index in [1.807, 2.05) is 43.3 Å². The van der Waals surface area contributed by atoms with Crippen molar-refractivity contribution in [2.75, 3.05) is 5.75 Å². The molecule has 2 amide bonds. The van der Waals surface area contributed by atoms with E-state index in [0.29, 0.717) is 27.9 Å². The molecule has 1 saturated heterocycles. The van der Waals surface area contributed by atoms with Crippen molar-refractivity contribution in [2.45, 2.75) is 24.9 Å². The zero-order valence-corrected chi connectivity index (χ0v) is 19.6. The summed E-state index contributed by atoms with van der Waals surface area (Å²) in [5, 5.41) is 3.42. The summed E-state index contributed by atoms with van der Waals surface area (Å²) in [6, 6.07) is 17.6. The molecule has 2 atom stereocenters. The molecule has 1 aliphatic rings. The van der Waals surface area contributed by atoms with Gasteiger partial charge in [-0.15, -0.1) is 11.8 Å². The highest BCUT2D eigenvalue weighted by molar-refractivity contribution is 7.99. The van der Waals surface area contributed by atoms with Crippen molar-refractivity contribution in [3.63, 3.8) is 0 Å². The van der Waals surface area contributed by atoms with Crippen LogP contribution in [0.25, 0.3) is 0 Å².